The summed E-state index contributed by atoms with van der Waals surface area (Å²) in [7, 11) is 0. The lowest BCUT2D eigenvalue weighted by Crippen LogP contribution is -1.83. The first-order valence-electron chi connectivity index (χ1n) is 4.15. The molecule has 0 amide bonds. The van der Waals surface area contributed by atoms with E-state index in [0.717, 1.165) is 0 Å². The van der Waals surface area contributed by atoms with Crippen LogP contribution in [0.1, 0.15) is 5.69 Å². The maximum atomic E-state index is 8.33. The molecule has 0 aliphatic rings. The molecule has 0 fully saturated rings. The Morgan fingerprint density at radius 1 is 1.53 bits per heavy atom. The fraction of sp³-hybridized carbons (Fsp3) is 0. The van der Waals surface area contributed by atoms with Crippen LogP contribution in [0.5, 0.6) is 0 Å². The van der Waals surface area contributed by atoms with E-state index in [1.54, 1.807) is 24.4 Å². The predicted molar refractivity (Wildman–Crippen MR) is 56.2 cm³/mol. The van der Waals surface area contributed by atoms with Crippen LogP contribution in [0.25, 0.3) is 11.4 Å². The molecule has 2 aromatic rings. The molecule has 76 valence electrons. The van der Waals surface area contributed by atoms with Crippen LogP contribution < -0.4 is 0 Å². The molecule has 0 bridgehead atoms. The van der Waals surface area contributed by atoms with E-state index in [-0.39, 0.29) is 0 Å². The number of rotatable bonds is 2. The van der Waals surface area contributed by atoms with Gasteiger partial charge < -0.3 is 5.21 Å². The highest BCUT2D eigenvalue weighted by Gasteiger charge is 2.07. The minimum Gasteiger partial charge on any atom is -0.411 e. The van der Waals surface area contributed by atoms with Crippen LogP contribution in [-0.4, -0.2) is 26.6 Å². The summed E-state index contributed by atoms with van der Waals surface area (Å²) in [5.74, 6) is 0. The summed E-state index contributed by atoms with van der Waals surface area (Å²) in [4.78, 5) is 4.10. The first-order valence-corrected chi connectivity index (χ1v) is 4.53. The summed E-state index contributed by atoms with van der Waals surface area (Å²) < 4.78 is 0. The molecule has 2 N–H and O–H groups in total. The van der Waals surface area contributed by atoms with E-state index in [1.165, 1.54) is 6.21 Å². The van der Waals surface area contributed by atoms with Crippen molar-refractivity contribution in [2.75, 3.05) is 0 Å². The van der Waals surface area contributed by atoms with Crippen molar-refractivity contribution in [3.05, 3.63) is 35.1 Å². The van der Waals surface area contributed by atoms with E-state index in [1.807, 2.05) is 0 Å². The summed E-state index contributed by atoms with van der Waals surface area (Å²) in [5, 5.41) is 18.4. The fourth-order valence-electron chi connectivity index (χ4n) is 1.16. The summed E-state index contributed by atoms with van der Waals surface area (Å²) in [6, 6.07) is 5.17. The highest BCUT2D eigenvalue weighted by molar-refractivity contribution is 6.32. The summed E-state index contributed by atoms with van der Waals surface area (Å²) >= 11 is 5.95. The third kappa shape index (κ3) is 1.97. The topological polar surface area (TPSA) is 74.2 Å². The van der Waals surface area contributed by atoms with Gasteiger partial charge in [-0.15, -0.1) is 0 Å². The van der Waals surface area contributed by atoms with Gasteiger partial charge in [0.2, 0.25) is 0 Å². The number of nitrogens with zero attached hydrogens (tertiary/aromatic N) is 3. The van der Waals surface area contributed by atoms with Crippen molar-refractivity contribution < 1.29 is 5.21 Å². The van der Waals surface area contributed by atoms with Gasteiger partial charge in [-0.1, -0.05) is 16.8 Å². The molecule has 0 aliphatic heterocycles. The highest BCUT2D eigenvalue weighted by atomic mass is 35.5. The van der Waals surface area contributed by atoms with Crippen molar-refractivity contribution in [2.24, 2.45) is 5.16 Å². The van der Waals surface area contributed by atoms with Gasteiger partial charge in [0.15, 0.2) is 0 Å². The Hall–Kier alpha value is -1.88. The Bertz CT molecular complexity index is 494. The van der Waals surface area contributed by atoms with Crippen molar-refractivity contribution in [1.29, 1.82) is 0 Å². The zero-order valence-corrected chi connectivity index (χ0v) is 8.31. The van der Waals surface area contributed by atoms with Gasteiger partial charge in [0, 0.05) is 6.20 Å². The van der Waals surface area contributed by atoms with Crippen molar-refractivity contribution in [2.45, 2.75) is 0 Å². The second-order valence-electron chi connectivity index (χ2n) is 2.79. The van der Waals surface area contributed by atoms with Crippen LogP contribution >= 0.6 is 11.6 Å². The summed E-state index contributed by atoms with van der Waals surface area (Å²) in [6.45, 7) is 0. The van der Waals surface area contributed by atoms with E-state index in [0.29, 0.717) is 22.1 Å². The molecule has 0 spiro atoms. The van der Waals surface area contributed by atoms with E-state index in [9.17, 15) is 0 Å². The molecule has 2 aromatic heterocycles. The average molecular weight is 223 g/mol. The molecule has 0 unspecified atom stereocenters. The number of hydrogen-bond donors (Lipinski definition) is 2. The van der Waals surface area contributed by atoms with Crippen molar-refractivity contribution in [3.8, 4) is 11.4 Å². The maximum absolute atomic E-state index is 8.33. The normalized spacial score (nSPS) is 11.0. The molecule has 0 aromatic carbocycles. The molecule has 2 rings (SSSR count). The number of H-pyrrole nitrogens is 1. The smallest absolute Gasteiger partial charge is 0.113 e. The number of oxime groups is 1. The molecule has 0 saturated carbocycles. The molecule has 0 aliphatic carbocycles. The molecule has 5 nitrogen and oxygen atoms in total. The first-order chi connectivity index (χ1) is 7.31. The lowest BCUT2D eigenvalue weighted by Gasteiger charge is -1.96. The lowest BCUT2D eigenvalue weighted by molar-refractivity contribution is 0.321. The largest absolute Gasteiger partial charge is 0.411 e. The fourth-order valence-corrected chi connectivity index (χ4v) is 1.38. The number of aromatic amines is 1. The number of pyridine rings is 1. The molecule has 2 heterocycles. The van der Waals surface area contributed by atoms with Crippen LogP contribution in [0.15, 0.2) is 29.6 Å². The van der Waals surface area contributed by atoms with Crippen molar-refractivity contribution in [1.82, 2.24) is 15.2 Å². The molecular weight excluding hydrogens is 216 g/mol. The second kappa shape index (κ2) is 4.10. The molecule has 0 atom stereocenters. The molecule has 0 radical (unpaired) electrons. The molecule has 6 heteroatoms. The van der Waals surface area contributed by atoms with Crippen molar-refractivity contribution in [3.63, 3.8) is 0 Å². The number of aromatic nitrogens is 3. The van der Waals surface area contributed by atoms with Gasteiger partial charge in [0.25, 0.3) is 0 Å². The Kier molecular flexibility index (Phi) is 2.64. The number of halogens is 1. The Morgan fingerprint density at radius 2 is 2.40 bits per heavy atom. The zero-order chi connectivity index (χ0) is 10.7. The van der Waals surface area contributed by atoms with Gasteiger partial charge in [-0.05, 0) is 18.2 Å². The van der Waals surface area contributed by atoms with E-state index in [2.05, 4.69) is 20.3 Å². The SMILES string of the molecule is ON=Cc1cc(-c2ncccc2Cl)n[nH]1. The van der Waals surface area contributed by atoms with Gasteiger partial charge in [0.1, 0.15) is 11.4 Å². The third-order valence-electron chi connectivity index (χ3n) is 1.80. The first kappa shape index (κ1) is 9.67. The summed E-state index contributed by atoms with van der Waals surface area (Å²) in [5.41, 5.74) is 1.78. The Morgan fingerprint density at radius 3 is 3.13 bits per heavy atom. The van der Waals surface area contributed by atoms with E-state index < -0.39 is 0 Å². The third-order valence-corrected chi connectivity index (χ3v) is 2.10. The molecule has 15 heavy (non-hydrogen) atoms. The Labute approximate surface area is 90.4 Å². The van der Waals surface area contributed by atoms with Gasteiger partial charge >= 0.3 is 0 Å². The zero-order valence-electron chi connectivity index (χ0n) is 7.55. The number of nitrogens with one attached hydrogen (secondary N) is 1. The quantitative estimate of drug-likeness (QED) is 0.463. The highest BCUT2D eigenvalue weighted by Crippen LogP contribution is 2.23. The minimum absolute atomic E-state index is 0.525. The predicted octanol–water partition coefficient (Wildman–Crippen LogP) is 1.93. The van der Waals surface area contributed by atoms with Gasteiger partial charge in [-0.2, -0.15) is 5.10 Å². The Balaban J connectivity index is 2.42. The average Bonchev–Trinajstić information content (AvgIpc) is 2.68. The van der Waals surface area contributed by atoms with Crippen LogP contribution in [0.2, 0.25) is 5.02 Å². The molecule has 0 saturated heterocycles. The standard InChI is InChI=1S/C9H7ClN4O/c10-7-2-1-3-11-9(7)8-4-6(5-12-15)13-14-8/h1-5,15H,(H,13,14). The molecular formula is C9H7ClN4O. The minimum atomic E-state index is 0.525. The van der Waals surface area contributed by atoms with Gasteiger partial charge in [0.05, 0.1) is 16.9 Å². The van der Waals surface area contributed by atoms with E-state index >= 15 is 0 Å². The van der Waals surface area contributed by atoms with Crippen LogP contribution in [0.4, 0.5) is 0 Å². The van der Waals surface area contributed by atoms with Crippen LogP contribution in [-0.2, 0) is 0 Å². The monoisotopic (exact) mass is 222 g/mol. The van der Waals surface area contributed by atoms with Crippen LogP contribution in [0, 0.1) is 0 Å². The summed E-state index contributed by atoms with van der Waals surface area (Å²) in [6.07, 6.45) is 2.88. The van der Waals surface area contributed by atoms with E-state index in [4.69, 9.17) is 16.8 Å². The lowest BCUT2D eigenvalue weighted by atomic mass is 10.2. The number of hydrogen-bond acceptors (Lipinski definition) is 4. The van der Waals surface area contributed by atoms with Crippen LogP contribution in [0.3, 0.4) is 0 Å². The van der Waals surface area contributed by atoms with Gasteiger partial charge in [-0.3, -0.25) is 10.1 Å². The van der Waals surface area contributed by atoms with Crippen molar-refractivity contribution >= 4 is 17.8 Å². The second-order valence-corrected chi connectivity index (χ2v) is 3.19. The maximum Gasteiger partial charge on any atom is 0.113 e. The van der Waals surface area contributed by atoms with Gasteiger partial charge in [-0.25, -0.2) is 0 Å².